The van der Waals surface area contributed by atoms with Crippen molar-refractivity contribution < 1.29 is 18.0 Å². The number of hydrogen-bond acceptors (Lipinski definition) is 6. The molecule has 0 atom stereocenters. The van der Waals surface area contributed by atoms with Crippen molar-refractivity contribution in [2.75, 3.05) is 61.8 Å². The van der Waals surface area contributed by atoms with Gasteiger partial charge < -0.3 is 20.4 Å². The van der Waals surface area contributed by atoms with E-state index < -0.39 is 11.7 Å². The molecule has 1 amide bonds. The monoisotopic (exact) mass is 617 g/mol. The second kappa shape index (κ2) is 14.0. The number of nitrogens with zero attached hydrogens (tertiary/aromatic N) is 3. The SMILES string of the molecule is O=C(CCNc1ccc(N2CCNCC2)c(C(F)(F)F)c1)N1CCC(CSc2ccncc2-c2ccc(Cl)cc2)CC1. The van der Waals surface area contributed by atoms with E-state index in [0.717, 1.165) is 35.8 Å². The van der Waals surface area contributed by atoms with Gasteiger partial charge in [-0.05, 0) is 60.7 Å². The van der Waals surface area contributed by atoms with E-state index in [1.54, 1.807) is 11.0 Å². The molecule has 0 unspecified atom stereocenters. The average molecular weight is 618 g/mol. The highest BCUT2D eigenvalue weighted by molar-refractivity contribution is 7.99. The van der Waals surface area contributed by atoms with Crippen LogP contribution < -0.4 is 15.5 Å². The molecule has 5 rings (SSSR count). The number of benzene rings is 2. The van der Waals surface area contributed by atoms with Gasteiger partial charge in [-0.2, -0.15) is 13.2 Å². The van der Waals surface area contributed by atoms with E-state index in [9.17, 15) is 18.0 Å². The van der Waals surface area contributed by atoms with E-state index in [0.29, 0.717) is 55.9 Å². The Labute approximate surface area is 254 Å². The zero-order valence-corrected chi connectivity index (χ0v) is 24.9. The summed E-state index contributed by atoms with van der Waals surface area (Å²) in [7, 11) is 0. The highest BCUT2D eigenvalue weighted by atomic mass is 35.5. The number of anilines is 2. The number of thioether (sulfide) groups is 1. The zero-order valence-electron chi connectivity index (χ0n) is 23.3. The van der Waals surface area contributed by atoms with Gasteiger partial charge in [0.25, 0.3) is 0 Å². The summed E-state index contributed by atoms with van der Waals surface area (Å²) >= 11 is 7.86. The van der Waals surface area contributed by atoms with Gasteiger partial charge in [0.2, 0.25) is 5.91 Å². The molecule has 6 nitrogen and oxygen atoms in total. The molecule has 0 spiro atoms. The lowest BCUT2D eigenvalue weighted by Crippen LogP contribution is -2.44. The summed E-state index contributed by atoms with van der Waals surface area (Å²) in [5, 5.41) is 6.90. The maximum Gasteiger partial charge on any atom is 0.418 e. The van der Waals surface area contributed by atoms with Crippen molar-refractivity contribution in [1.29, 1.82) is 0 Å². The van der Waals surface area contributed by atoms with Crippen LogP contribution in [0.1, 0.15) is 24.8 Å². The van der Waals surface area contributed by atoms with E-state index in [1.807, 2.05) is 59.4 Å². The lowest BCUT2D eigenvalue weighted by molar-refractivity contribution is -0.137. The van der Waals surface area contributed by atoms with Gasteiger partial charge in [-0.3, -0.25) is 9.78 Å². The Morgan fingerprint density at radius 2 is 1.79 bits per heavy atom. The molecular weight excluding hydrogens is 583 g/mol. The minimum absolute atomic E-state index is 0.0289. The van der Waals surface area contributed by atoms with Gasteiger partial charge in [0.1, 0.15) is 0 Å². The van der Waals surface area contributed by atoms with Crippen LogP contribution in [-0.4, -0.2) is 67.4 Å². The maximum atomic E-state index is 13.8. The zero-order chi connectivity index (χ0) is 29.5. The van der Waals surface area contributed by atoms with Gasteiger partial charge in [0, 0.05) is 97.2 Å². The molecule has 2 aliphatic heterocycles. The lowest BCUT2D eigenvalue weighted by atomic mass is 9.99. The van der Waals surface area contributed by atoms with E-state index in [2.05, 4.69) is 15.6 Å². The van der Waals surface area contributed by atoms with E-state index in [1.165, 1.54) is 11.0 Å². The fourth-order valence-electron chi connectivity index (χ4n) is 5.44. The number of pyridine rings is 1. The van der Waals surface area contributed by atoms with Crippen LogP contribution in [0.2, 0.25) is 5.02 Å². The summed E-state index contributed by atoms with van der Waals surface area (Å²) in [6.45, 7) is 4.07. The Bertz CT molecular complexity index is 1340. The number of nitrogens with one attached hydrogen (secondary N) is 2. The second-order valence-electron chi connectivity index (χ2n) is 10.7. The first-order valence-corrected chi connectivity index (χ1v) is 15.7. The molecule has 2 N–H and O–H groups in total. The number of amides is 1. The molecule has 3 aromatic rings. The van der Waals surface area contributed by atoms with Crippen molar-refractivity contribution in [1.82, 2.24) is 15.2 Å². The average Bonchev–Trinajstić information content (AvgIpc) is 3.01. The molecule has 2 saturated heterocycles. The summed E-state index contributed by atoms with van der Waals surface area (Å²) in [5.74, 6) is 1.49. The van der Waals surface area contributed by atoms with Crippen molar-refractivity contribution in [3.8, 4) is 11.1 Å². The highest BCUT2D eigenvalue weighted by Crippen LogP contribution is 2.39. The smallest absolute Gasteiger partial charge is 0.385 e. The molecule has 11 heteroatoms. The number of aromatic nitrogens is 1. The van der Waals surface area contributed by atoms with Gasteiger partial charge in [-0.1, -0.05) is 23.7 Å². The predicted molar refractivity (Wildman–Crippen MR) is 164 cm³/mol. The number of piperidine rings is 1. The molecule has 0 bridgehead atoms. The van der Waals surface area contributed by atoms with Gasteiger partial charge in [0.15, 0.2) is 0 Å². The summed E-state index contributed by atoms with van der Waals surface area (Å²) in [5.41, 5.74) is 2.09. The summed E-state index contributed by atoms with van der Waals surface area (Å²) in [4.78, 5) is 22.0. The summed E-state index contributed by atoms with van der Waals surface area (Å²) in [6, 6.07) is 14.2. The fraction of sp³-hybridized carbons (Fsp3) is 0.419. The first-order chi connectivity index (χ1) is 20.3. The molecule has 0 saturated carbocycles. The largest absolute Gasteiger partial charge is 0.418 e. The topological polar surface area (TPSA) is 60.5 Å². The van der Waals surface area contributed by atoms with Crippen molar-refractivity contribution >= 4 is 40.6 Å². The molecule has 1 aromatic heterocycles. The third-order valence-electron chi connectivity index (χ3n) is 7.81. The summed E-state index contributed by atoms with van der Waals surface area (Å²) < 4.78 is 41.5. The number of hydrogen-bond donors (Lipinski definition) is 2. The summed E-state index contributed by atoms with van der Waals surface area (Å²) in [6.07, 6.45) is 1.33. The number of rotatable bonds is 9. The van der Waals surface area contributed by atoms with Gasteiger partial charge in [0.05, 0.1) is 5.56 Å². The molecule has 224 valence electrons. The third kappa shape index (κ3) is 7.90. The quantitative estimate of drug-likeness (QED) is 0.262. The lowest BCUT2D eigenvalue weighted by Gasteiger charge is -2.32. The molecule has 0 radical (unpaired) electrons. The van der Waals surface area contributed by atoms with E-state index >= 15 is 0 Å². The highest BCUT2D eigenvalue weighted by Gasteiger charge is 2.35. The van der Waals surface area contributed by atoms with Gasteiger partial charge in [-0.25, -0.2) is 0 Å². The molecule has 2 aromatic carbocycles. The number of likely N-dealkylation sites (tertiary alicyclic amines) is 1. The number of carbonyl (C=O) groups is 1. The number of carbonyl (C=O) groups excluding carboxylic acids is 1. The maximum absolute atomic E-state index is 13.8. The Kier molecular flexibility index (Phi) is 10.2. The predicted octanol–water partition coefficient (Wildman–Crippen LogP) is 6.66. The first-order valence-electron chi connectivity index (χ1n) is 14.3. The first kappa shape index (κ1) is 30.5. The normalized spacial score (nSPS) is 16.5. The minimum atomic E-state index is -4.45. The van der Waals surface area contributed by atoms with E-state index in [-0.39, 0.29) is 24.6 Å². The van der Waals surface area contributed by atoms with Gasteiger partial charge >= 0.3 is 6.18 Å². The Morgan fingerprint density at radius 1 is 1.05 bits per heavy atom. The van der Waals surface area contributed by atoms with Crippen LogP contribution in [0.4, 0.5) is 24.5 Å². The molecular formula is C31H35ClF3N5OS. The minimum Gasteiger partial charge on any atom is -0.385 e. The van der Waals surface area contributed by atoms with Crippen molar-refractivity contribution in [2.45, 2.75) is 30.3 Å². The second-order valence-corrected chi connectivity index (χ2v) is 12.2. The molecule has 3 heterocycles. The van der Waals surface area contributed by atoms with Crippen LogP contribution in [0, 0.1) is 5.92 Å². The Balaban J connectivity index is 1.08. The van der Waals surface area contributed by atoms with Crippen molar-refractivity contribution in [2.24, 2.45) is 5.92 Å². The van der Waals surface area contributed by atoms with Gasteiger partial charge in [-0.15, -0.1) is 11.8 Å². The van der Waals surface area contributed by atoms with Crippen LogP contribution >= 0.6 is 23.4 Å². The molecule has 2 fully saturated rings. The molecule has 2 aliphatic rings. The number of halogens is 4. The molecule has 42 heavy (non-hydrogen) atoms. The standard InChI is InChI=1S/C31H35ClF3N5OS/c32-24-3-1-23(2-4-24)26-20-37-11-7-29(26)42-21-22-9-15-40(16-10-22)30(41)8-12-38-25-5-6-28(27(19-25)31(33,34)35)39-17-13-36-14-18-39/h1-7,11,19-20,22,36,38H,8-10,12-18,21H2. The van der Waals surface area contributed by atoms with Crippen molar-refractivity contribution in [3.05, 3.63) is 71.5 Å². The number of piperazine rings is 1. The fourth-order valence-corrected chi connectivity index (χ4v) is 6.79. The van der Waals surface area contributed by atoms with Crippen LogP contribution in [0.5, 0.6) is 0 Å². The van der Waals surface area contributed by atoms with Crippen molar-refractivity contribution in [3.63, 3.8) is 0 Å². The number of alkyl halides is 3. The van der Waals surface area contributed by atoms with E-state index in [4.69, 9.17) is 11.6 Å². The van der Waals surface area contributed by atoms with Crippen LogP contribution in [-0.2, 0) is 11.0 Å². The Morgan fingerprint density at radius 3 is 2.50 bits per heavy atom. The van der Waals surface area contributed by atoms with Crippen LogP contribution in [0.3, 0.4) is 0 Å². The Hall–Kier alpha value is -2.95. The molecule has 0 aliphatic carbocycles. The third-order valence-corrected chi connectivity index (χ3v) is 9.36. The van der Waals surface area contributed by atoms with Crippen LogP contribution in [0.25, 0.3) is 11.1 Å². The van der Waals surface area contributed by atoms with Crippen LogP contribution in [0.15, 0.2) is 65.8 Å².